The van der Waals surface area contributed by atoms with Crippen molar-refractivity contribution in [2.24, 2.45) is 0 Å². The minimum absolute atomic E-state index is 0.238. The first-order valence-corrected chi connectivity index (χ1v) is 8.77. The molecular weight excluding hydrogens is 268 g/mol. The van der Waals surface area contributed by atoms with Crippen molar-refractivity contribution < 1.29 is 9.53 Å². The van der Waals surface area contributed by atoms with Gasteiger partial charge in [0.25, 0.3) is 0 Å². The van der Waals surface area contributed by atoms with Crippen molar-refractivity contribution in [1.29, 1.82) is 0 Å². The maximum atomic E-state index is 12.3. The van der Waals surface area contributed by atoms with Gasteiger partial charge in [0.2, 0.25) is 0 Å². The summed E-state index contributed by atoms with van der Waals surface area (Å²) in [4.78, 5) is 12.3. The van der Waals surface area contributed by atoms with E-state index in [4.69, 9.17) is 4.74 Å². The van der Waals surface area contributed by atoms with Gasteiger partial charge in [-0.05, 0) is 37.8 Å². The number of rotatable bonds is 6. The Bertz CT molecular complexity index is 462. The lowest BCUT2D eigenvalue weighted by Crippen LogP contribution is -2.12. The highest BCUT2D eigenvalue weighted by molar-refractivity contribution is 8.00. The smallest absolute Gasteiger partial charge is 0.172 e. The fraction of sp³-hybridized carbons (Fsp3) is 0.588. The van der Waals surface area contributed by atoms with E-state index < -0.39 is 0 Å². The van der Waals surface area contributed by atoms with Crippen LogP contribution >= 0.6 is 11.8 Å². The van der Waals surface area contributed by atoms with Crippen molar-refractivity contribution in [3.63, 3.8) is 0 Å². The second kappa shape index (κ2) is 6.66. The number of carbonyl (C=O) groups is 1. The van der Waals surface area contributed by atoms with E-state index in [1.807, 2.05) is 36.0 Å². The first-order valence-electron chi connectivity index (χ1n) is 7.73. The Morgan fingerprint density at radius 3 is 2.70 bits per heavy atom. The monoisotopic (exact) mass is 290 g/mol. The Kier molecular flexibility index (Phi) is 4.66. The van der Waals surface area contributed by atoms with Crippen LogP contribution in [-0.2, 0) is 0 Å². The molecule has 0 bridgehead atoms. The standard InChI is InChI=1S/C17H22O2S/c18-17(12-20-16-7-2-1-3-8-16)13-5-4-6-15(11-13)19-14-9-10-14/h4-6,11,14,16H,1-3,7-10,12H2. The van der Waals surface area contributed by atoms with Crippen LogP contribution in [0.4, 0.5) is 0 Å². The molecule has 2 aliphatic carbocycles. The van der Waals surface area contributed by atoms with E-state index in [1.54, 1.807) is 0 Å². The van der Waals surface area contributed by atoms with Gasteiger partial charge >= 0.3 is 0 Å². The van der Waals surface area contributed by atoms with Gasteiger partial charge in [-0.3, -0.25) is 4.79 Å². The fourth-order valence-electron chi connectivity index (χ4n) is 2.63. The number of ether oxygens (including phenoxy) is 1. The molecule has 108 valence electrons. The summed E-state index contributed by atoms with van der Waals surface area (Å²) in [7, 11) is 0. The van der Waals surface area contributed by atoms with Crippen LogP contribution in [0.3, 0.4) is 0 Å². The van der Waals surface area contributed by atoms with Crippen molar-refractivity contribution in [3.05, 3.63) is 29.8 Å². The lowest BCUT2D eigenvalue weighted by molar-refractivity contribution is 0.102. The summed E-state index contributed by atoms with van der Waals surface area (Å²) < 4.78 is 5.75. The van der Waals surface area contributed by atoms with Crippen LogP contribution in [0, 0.1) is 0 Å². The van der Waals surface area contributed by atoms with E-state index in [-0.39, 0.29) is 5.78 Å². The number of hydrogen-bond donors (Lipinski definition) is 0. The Morgan fingerprint density at radius 1 is 1.15 bits per heavy atom. The molecule has 0 aromatic heterocycles. The topological polar surface area (TPSA) is 26.3 Å². The number of Topliss-reactive ketones (excluding diaryl/α,β-unsaturated/α-hetero) is 1. The first kappa shape index (κ1) is 14.0. The van der Waals surface area contributed by atoms with Crippen molar-refractivity contribution in [3.8, 4) is 5.75 Å². The SMILES string of the molecule is O=C(CSC1CCCCC1)c1cccc(OC2CC2)c1. The summed E-state index contributed by atoms with van der Waals surface area (Å²) in [5.41, 5.74) is 0.798. The van der Waals surface area contributed by atoms with Gasteiger partial charge < -0.3 is 4.74 Å². The van der Waals surface area contributed by atoms with Crippen molar-refractivity contribution in [2.45, 2.75) is 56.3 Å². The highest BCUT2D eigenvalue weighted by Gasteiger charge is 2.23. The van der Waals surface area contributed by atoms with Crippen molar-refractivity contribution in [2.75, 3.05) is 5.75 Å². The van der Waals surface area contributed by atoms with E-state index in [9.17, 15) is 4.79 Å². The van der Waals surface area contributed by atoms with E-state index in [0.29, 0.717) is 17.1 Å². The largest absolute Gasteiger partial charge is 0.490 e. The number of ketones is 1. The highest BCUT2D eigenvalue weighted by Crippen LogP contribution is 2.30. The van der Waals surface area contributed by atoms with E-state index in [1.165, 1.54) is 32.1 Å². The Balaban J connectivity index is 1.52. The lowest BCUT2D eigenvalue weighted by atomic mass is 10.0. The maximum Gasteiger partial charge on any atom is 0.172 e. The van der Waals surface area contributed by atoms with Gasteiger partial charge in [-0.2, -0.15) is 11.8 Å². The fourth-order valence-corrected chi connectivity index (χ4v) is 3.85. The Morgan fingerprint density at radius 2 is 1.95 bits per heavy atom. The Hall–Kier alpha value is -0.960. The van der Waals surface area contributed by atoms with Gasteiger partial charge in [-0.15, -0.1) is 0 Å². The molecule has 0 unspecified atom stereocenters. The molecule has 20 heavy (non-hydrogen) atoms. The molecule has 1 aromatic rings. The summed E-state index contributed by atoms with van der Waals surface area (Å²) in [5.74, 6) is 1.69. The molecule has 0 N–H and O–H groups in total. The minimum atomic E-state index is 0.238. The predicted molar refractivity (Wildman–Crippen MR) is 83.8 cm³/mol. The van der Waals surface area contributed by atoms with Gasteiger partial charge in [-0.25, -0.2) is 0 Å². The first-order chi connectivity index (χ1) is 9.81. The molecule has 2 saturated carbocycles. The molecule has 2 fully saturated rings. The van der Waals surface area contributed by atoms with E-state index in [2.05, 4.69) is 0 Å². The van der Waals surface area contributed by atoms with Gasteiger partial charge in [0.05, 0.1) is 11.9 Å². The number of benzene rings is 1. The lowest BCUT2D eigenvalue weighted by Gasteiger charge is -2.20. The number of thioether (sulfide) groups is 1. The van der Waals surface area contributed by atoms with Crippen LogP contribution in [0.25, 0.3) is 0 Å². The summed E-state index contributed by atoms with van der Waals surface area (Å²) in [6.45, 7) is 0. The molecule has 1 aromatic carbocycles. The number of hydrogen-bond acceptors (Lipinski definition) is 3. The molecule has 3 heteroatoms. The third-order valence-corrected chi connectivity index (χ3v) is 5.36. The van der Waals surface area contributed by atoms with Gasteiger partial charge in [0.1, 0.15) is 5.75 Å². The normalized spacial score (nSPS) is 19.8. The van der Waals surface area contributed by atoms with E-state index >= 15 is 0 Å². The molecule has 3 rings (SSSR count). The molecule has 2 nitrogen and oxygen atoms in total. The van der Waals surface area contributed by atoms with Crippen LogP contribution in [-0.4, -0.2) is 22.9 Å². The summed E-state index contributed by atoms with van der Waals surface area (Å²) >= 11 is 1.84. The highest BCUT2D eigenvalue weighted by atomic mass is 32.2. The van der Waals surface area contributed by atoms with Crippen LogP contribution in [0.1, 0.15) is 55.3 Å². The summed E-state index contributed by atoms with van der Waals surface area (Å²) in [5, 5.41) is 0.693. The van der Waals surface area contributed by atoms with Gasteiger partial charge in [0.15, 0.2) is 5.78 Å². The van der Waals surface area contributed by atoms with Crippen LogP contribution in [0.5, 0.6) is 5.75 Å². The van der Waals surface area contributed by atoms with Crippen LogP contribution in [0.2, 0.25) is 0 Å². The third kappa shape index (κ3) is 4.02. The molecule has 0 aliphatic heterocycles. The molecule has 0 spiro atoms. The average Bonchev–Trinajstić information content (AvgIpc) is 3.30. The van der Waals surface area contributed by atoms with Crippen LogP contribution < -0.4 is 4.74 Å². The van der Waals surface area contributed by atoms with Gasteiger partial charge in [-0.1, -0.05) is 31.4 Å². The summed E-state index contributed by atoms with van der Waals surface area (Å²) in [6, 6.07) is 7.69. The van der Waals surface area contributed by atoms with Crippen molar-refractivity contribution in [1.82, 2.24) is 0 Å². The van der Waals surface area contributed by atoms with Crippen molar-refractivity contribution >= 4 is 17.5 Å². The molecule has 0 radical (unpaired) electrons. The predicted octanol–water partition coefficient (Wildman–Crippen LogP) is 4.48. The Labute approximate surface area is 125 Å². The summed E-state index contributed by atoms with van der Waals surface area (Å²) in [6.07, 6.45) is 9.27. The van der Waals surface area contributed by atoms with Gasteiger partial charge in [0, 0.05) is 10.8 Å². The molecule has 2 aliphatic rings. The third-order valence-electron chi connectivity index (χ3n) is 3.99. The average molecular weight is 290 g/mol. The molecule has 0 saturated heterocycles. The minimum Gasteiger partial charge on any atom is -0.490 e. The zero-order chi connectivity index (χ0) is 13.8. The zero-order valence-electron chi connectivity index (χ0n) is 11.8. The quantitative estimate of drug-likeness (QED) is 0.723. The zero-order valence-corrected chi connectivity index (χ0v) is 12.7. The molecule has 0 heterocycles. The van der Waals surface area contributed by atoms with E-state index in [0.717, 1.165) is 24.2 Å². The second-order valence-electron chi connectivity index (χ2n) is 5.84. The second-order valence-corrected chi connectivity index (χ2v) is 7.13. The maximum absolute atomic E-state index is 12.3. The molecular formula is C17H22O2S. The number of carbonyl (C=O) groups excluding carboxylic acids is 1. The van der Waals surface area contributed by atoms with Crippen LogP contribution in [0.15, 0.2) is 24.3 Å². The molecule has 0 amide bonds. The molecule has 0 atom stereocenters.